The van der Waals surface area contributed by atoms with Crippen molar-refractivity contribution in [2.75, 3.05) is 0 Å². The van der Waals surface area contributed by atoms with E-state index in [4.69, 9.17) is 0 Å². The van der Waals surface area contributed by atoms with E-state index in [1.54, 1.807) is 0 Å². The standard InChI is InChI=1S/C24H20N2/c1-15-5-7-21-22-12-19(13-25-24(22)14-26-23(21)11-15)6-8-20-17(3)9-16(2)10-18(20)4/h5,7,9-14H,1-4H3. The number of nitrogens with zero attached hydrogens (tertiary/aromatic N) is 2. The molecule has 0 atom stereocenters. The molecule has 0 aliphatic rings. The summed E-state index contributed by atoms with van der Waals surface area (Å²) in [6.45, 7) is 8.43. The first-order valence-electron chi connectivity index (χ1n) is 8.76. The highest BCUT2D eigenvalue weighted by Crippen LogP contribution is 2.24. The molecule has 2 heterocycles. The van der Waals surface area contributed by atoms with Crippen LogP contribution in [-0.2, 0) is 0 Å². The van der Waals surface area contributed by atoms with E-state index in [0.29, 0.717) is 0 Å². The molecule has 126 valence electrons. The molecule has 26 heavy (non-hydrogen) atoms. The molecule has 0 aliphatic carbocycles. The summed E-state index contributed by atoms with van der Waals surface area (Å²) in [6.07, 6.45) is 3.67. The quantitative estimate of drug-likeness (QED) is 0.317. The molecule has 0 fully saturated rings. The monoisotopic (exact) mass is 336 g/mol. The summed E-state index contributed by atoms with van der Waals surface area (Å²) in [5.74, 6) is 6.64. The van der Waals surface area contributed by atoms with Crippen LogP contribution in [0.1, 0.15) is 33.4 Å². The molecule has 4 rings (SSSR count). The molecule has 0 saturated carbocycles. The molecule has 0 N–H and O–H groups in total. The molecule has 4 aromatic rings. The zero-order valence-electron chi connectivity index (χ0n) is 15.5. The number of hydrogen-bond acceptors (Lipinski definition) is 2. The van der Waals surface area contributed by atoms with Crippen LogP contribution in [0.2, 0.25) is 0 Å². The Bertz CT molecular complexity index is 1200. The average molecular weight is 336 g/mol. The Labute approximate surface area is 153 Å². The highest BCUT2D eigenvalue weighted by Gasteiger charge is 2.05. The lowest BCUT2D eigenvalue weighted by Gasteiger charge is -2.05. The molecule has 2 aromatic heterocycles. The van der Waals surface area contributed by atoms with Gasteiger partial charge in [-0.2, -0.15) is 0 Å². The van der Waals surface area contributed by atoms with Crippen LogP contribution in [0.3, 0.4) is 0 Å². The first-order chi connectivity index (χ1) is 12.5. The summed E-state index contributed by atoms with van der Waals surface area (Å²) in [5, 5.41) is 2.21. The Morgan fingerprint density at radius 3 is 2.15 bits per heavy atom. The van der Waals surface area contributed by atoms with Crippen molar-refractivity contribution in [3.8, 4) is 11.8 Å². The molecule has 0 spiro atoms. The predicted molar refractivity (Wildman–Crippen MR) is 108 cm³/mol. The van der Waals surface area contributed by atoms with Gasteiger partial charge in [0.05, 0.1) is 17.2 Å². The van der Waals surface area contributed by atoms with Crippen molar-refractivity contribution < 1.29 is 0 Å². The predicted octanol–water partition coefficient (Wildman–Crippen LogP) is 5.42. The van der Waals surface area contributed by atoms with E-state index in [1.165, 1.54) is 22.3 Å². The van der Waals surface area contributed by atoms with Crippen LogP contribution >= 0.6 is 0 Å². The molecule has 0 unspecified atom stereocenters. The van der Waals surface area contributed by atoms with Crippen LogP contribution in [0.5, 0.6) is 0 Å². The zero-order chi connectivity index (χ0) is 18.3. The minimum Gasteiger partial charge on any atom is -0.254 e. The lowest BCUT2D eigenvalue weighted by Crippen LogP contribution is -1.90. The van der Waals surface area contributed by atoms with Gasteiger partial charge in [0.2, 0.25) is 0 Å². The lowest BCUT2D eigenvalue weighted by atomic mass is 10.00. The molecule has 0 saturated heterocycles. The summed E-state index contributed by atoms with van der Waals surface area (Å²) in [6, 6.07) is 12.8. The van der Waals surface area contributed by atoms with Gasteiger partial charge in [0.15, 0.2) is 0 Å². The molecule has 0 bridgehead atoms. The van der Waals surface area contributed by atoms with Crippen LogP contribution in [0.15, 0.2) is 48.8 Å². The number of pyridine rings is 2. The van der Waals surface area contributed by atoms with Crippen molar-refractivity contribution in [1.82, 2.24) is 9.97 Å². The van der Waals surface area contributed by atoms with Crippen LogP contribution in [-0.4, -0.2) is 9.97 Å². The van der Waals surface area contributed by atoms with Crippen molar-refractivity contribution in [2.24, 2.45) is 0 Å². The highest BCUT2D eigenvalue weighted by atomic mass is 14.7. The van der Waals surface area contributed by atoms with Gasteiger partial charge in [0.25, 0.3) is 0 Å². The van der Waals surface area contributed by atoms with Gasteiger partial charge in [-0.25, -0.2) is 0 Å². The van der Waals surface area contributed by atoms with Gasteiger partial charge in [-0.1, -0.05) is 41.7 Å². The van der Waals surface area contributed by atoms with Crippen LogP contribution in [0.4, 0.5) is 0 Å². The second-order valence-corrected chi connectivity index (χ2v) is 6.96. The van der Waals surface area contributed by atoms with Gasteiger partial charge in [-0.15, -0.1) is 0 Å². The summed E-state index contributed by atoms with van der Waals surface area (Å²) in [5.41, 5.74) is 8.83. The van der Waals surface area contributed by atoms with E-state index in [0.717, 1.165) is 32.9 Å². The number of hydrogen-bond donors (Lipinski definition) is 0. The first-order valence-corrected chi connectivity index (χ1v) is 8.76. The van der Waals surface area contributed by atoms with E-state index in [-0.39, 0.29) is 0 Å². The lowest BCUT2D eigenvalue weighted by molar-refractivity contribution is 1.29. The smallest absolute Gasteiger partial charge is 0.0892 e. The number of aromatic nitrogens is 2. The Hall–Kier alpha value is -3.18. The third kappa shape index (κ3) is 2.93. The van der Waals surface area contributed by atoms with Gasteiger partial charge in [-0.3, -0.25) is 9.97 Å². The second kappa shape index (κ2) is 6.28. The normalized spacial score (nSPS) is 10.8. The minimum absolute atomic E-state index is 0.898. The Morgan fingerprint density at radius 1 is 0.654 bits per heavy atom. The summed E-state index contributed by atoms with van der Waals surface area (Å²) < 4.78 is 0. The van der Waals surface area contributed by atoms with Crippen LogP contribution in [0.25, 0.3) is 21.8 Å². The zero-order valence-corrected chi connectivity index (χ0v) is 15.5. The molecule has 0 amide bonds. The van der Waals surface area contributed by atoms with E-state index < -0.39 is 0 Å². The van der Waals surface area contributed by atoms with Crippen LogP contribution in [0, 0.1) is 39.5 Å². The SMILES string of the molecule is Cc1cc(C)c(C#Cc2cnc3cnc4cc(C)ccc4c3c2)c(C)c1. The van der Waals surface area contributed by atoms with Crippen molar-refractivity contribution in [2.45, 2.75) is 27.7 Å². The third-order valence-corrected chi connectivity index (χ3v) is 4.70. The van der Waals surface area contributed by atoms with Gasteiger partial charge < -0.3 is 0 Å². The maximum atomic E-state index is 4.56. The fraction of sp³-hybridized carbons (Fsp3) is 0.167. The number of rotatable bonds is 0. The van der Waals surface area contributed by atoms with E-state index in [9.17, 15) is 0 Å². The summed E-state index contributed by atoms with van der Waals surface area (Å²) in [4.78, 5) is 9.09. The maximum absolute atomic E-state index is 4.56. The molecule has 0 aliphatic heterocycles. The molecule has 2 heteroatoms. The summed E-state index contributed by atoms with van der Waals surface area (Å²) in [7, 11) is 0. The first kappa shape index (κ1) is 16.3. The van der Waals surface area contributed by atoms with Crippen molar-refractivity contribution in [1.29, 1.82) is 0 Å². The molecule has 2 aromatic carbocycles. The second-order valence-electron chi connectivity index (χ2n) is 6.96. The van der Waals surface area contributed by atoms with Gasteiger partial charge >= 0.3 is 0 Å². The maximum Gasteiger partial charge on any atom is 0.0892 e. The van der Waals surface area contributed by atoms with Crippen molar-refractivity contribution in [3.05, 3.63) is 82.2 Å². The van der Waals surface area contributed by atoms with E-state index >= 15 is 0 Å². The van der Waals surface area contributed by atoms with Gasteiger partial charge in [0.1, 0.15) is 0 Å². The number of fused-ring (bicyclic) bond motifs is 3. The summed E-state index contributed by atoms with van der Waals surface area (Å²) >= 11 is 0. The van der Waals surface area contributed by atoms with E-state index in [2.05, 4.69) is 85.9 Å². The number of aryl methyl sites for hydroxylation is 4. The largest absolute Gasteiger partial charge is 0.254 e. The molecular weight excluding hydrogens is 316 g/mol. The third-order valence-electron chi connectivity index (χ3n) is 4.70. The number of benzene rings is 2. The van der Waals surface area contributed by atoms with Gasteiger partial charge in [-0.05, 0) is 56.5 Å². The topological polar surface area (TPSA) is 25.8 Å². The minimum atomic E-state index is 0.898. The molecule has 2 nitrogen and oxygen atoms in total. The van der Waals surface area contributed by atoms with Crippen molar-refractivity contribution >= 4 is 21.8 Å². The highest BCUT2D eigenvalue weighted by molar-refractivity contribution is 6.04. The van der Waals surface area contributed by atoms with Crippen molar-refractivity contribution in [3.63, 3.8) is 0 Å². The Balaban J connectivity index is 1.85. The van der Waals surface area contributed by atoms with Crippen LogP contribution < -0.4 is 0 Å². The Kier molecular flexibility index (Phi) is 3.93. The fourth-order valence-electron chi connectivity index (χ4n) is 3.48. The molecular formula is C24H20N2. The average Bonchev–Trinajstić information content (AvgIpc) is 2.60. The Morgan fingerprint density at radius 2 is 1.38 bits per heavy atom. The van der Waals surface area contributed by atoms with E-state index in [1.807, 2.05) is 12.4 Å². The molecule has 0 radical (unpaired) electrons. The fourth-order valence-corrected chi connectivity index (χ4v) is 3.48. The van der Waals surface area contributed by atoms with Gasteiger partial charge in [0, 0.05) is 28.1 Å².